The van der Waals surface area contributed by atoms with Crippen LogP contribution in [0.4, 0.5) is 33.8 Å². The minimum absolute atomic E-state index is 0. The third-order valence-electron chi connectivity index (χ3n) is 9.55. The second-order valence-electron chi connectivity index (χ2n) is 14.7. The molecular formula is C40H52F12N3PRuSb2. The molecule has 3 fully saturated rings. The second-order valence-corrected chi connectivity index (χ2v) is 28.4. The molecule has 0 unspecified atom stereocenters. The molecule has 0 spiro atoms. The monoisotopic (exact) mass is 1180 g/mol. The summed E-state index contributed by atoms with van der Waals surface area (Å²) in [5.41, 5.74) is 17.8. The Morgan fingerprint density at radius 1 is 0.525 bits per heavy atom. The number of likely N-dealkylation sites (N-methyl/N-ethyl adjacent to an activating group) is 1. The maximum Gasteiger partial charge on any atom is 2.00 e. The molecule has 3 aliphatic rings. The molecule has 334 valence electrons. The molecule has 3 aromatic rings. The number of benzene rings is 3. The smallest absolute Gasteiger partial charge is 2.00 e. The van der Waals surface area contributed by atoms with Crippen LogP contribution in [0.5, 0.6) is 0 Å². The van der Waals surface area contributed by atoms with E-state index in [1.807, 2.05) is 60.7 Å². The first kappa shape index (κ1) is 54.5. The molecular weight excluding hydrogens is 1130 g/mol. The number of nitrogens with two attached hydrogens (primary N) is 2. The molecule has 3 nitrogen and oxygen atoms in total. The van der Waals surface area contributed by atoms with Gasteiger partial charge in [-0.2, -0.15) is 0 Å². The summed E-state index contributed by atoms with van der Waals surface area (Å²) in [7, 11) is 4.26. The largest absolute Gasteiger partial charge is 2.00 e. The summed E-state index contributed by atoms with van der Waals surface area (Å²) in [4.78, 5) is 2.27. The topological polar surface area (TPSA) is 55.3 Å². The molecule has 6 rings (SSSR count). The van der Waals surface area contributed by atoms with E-state index in [2.05, 4.69) is 68.9 Å². The quantitative estimate of drug-likeness (QED) is 0.134. The van der Waals surface area contributed by atoms with Crippen molar-refractivity contribution in [3.8, 4) is 0 Å². The van der Waals surface area contributed by atoms with Crippen molar-refractivity contribution in [2.45, 2.75) is 87.6 Å². The Bertz CT molecular complexity index is 1570. The maximum atomic E-state index is 9.93. The Kier molecular flexibility index (Phi) is 19.3. The first-order valence-electron chi connectivity index (χ1n) is 18.8. The molecule has 6 radical (unpaired) electrons. The number of halogens is 12. The Labute approximate surface area is 360 Å². The van der Waals surface area contributed by atoms with Gasteiger partial charge in [-0.15, -0.1) is 0 Å². The predicted octanol–water partition coefficient (Wildman–Crippen LogP) is 13.0. The maximum absolute atomic E-state index is 11.2. The van der Waals surface area contributed by atoms with E-state index < -0.39 is 39.0 Å². The molecule has 3 saturated carbocycles. The first-order valence-corrected chi connectivity index (χ1v) is 31.9. The molecule has 19 heteroatoms. The summed E-state index contributed by atoms with van der Waals surface area (Å²) in [6.07, 6.45) is 23.6. The second kappa shape index (κ2) is 20.9. The fraction of sp³-hybridized carbons (Fsp3) is 0.400. The van der Waals surface area contributed by atoms with Crippen LogP contribution < -0.4 is 16.8 Å². The SMILES string of the molecule is CN(C)[C]1[CH][CH][CH][CH][C]1c1ccccc1P(C1CCCCC1)C1CCCCC1.N[C@@H](c1ccccc1)[C@@H](N)c1ccccc1.[F][Sb-]([F])([F])([F])([F])[F].[F][Sb-]([F])([F])([F])([F])[F].[Ru+2]. The van der Waals surface area contributed by atoms with Crippen LogP contribution in [0.15, 0.2) is 84.9 Å². The molecule has 0 aliphatic heterocycles. The van der Waals surface area contributed by atoms with Gasteiger partial charge in [-0.1, -0.05) is 131 Å². The van der Waals surface area contributed by atoms with Gasteiger partial charge in [-0.3, -0.25) is 0 Å². The van der Waals surface area contributed by atoms with Gasteiger partial charge in [0.1, 0.15) is 0 Å². The van der Waals surface area contributed by atoms with Crippen LogP contribution in [0.3, 0.4) is 0 Å². The van der Waals surface area contributed by atoms with Crippen LogP contribution in [0.25, 0.3) is 0 Å². The van der Waals surface area contributed by atoms with E-state index in [1.54, 1.807) is 5.30 Å². The van der Waals surface area contributed by atoms with E-state index in [0.717, 1.165) is 22.4 Å². The van der Waals surface area contributed by atoms with Crippen LogP contribution >= 0.6 is 7.92 Å². The van der Waals surface area contributed by atoms with E-state index in [1.165, 1.54) is 81.7 Å². The van der Waals surface area contributed by atoms with Crippen LogP contribution in [-0.2, 0) is 19.5 Å². The summed E-state index contributed by atoms with van der Waals surface area (Å²) in [5, 5.41) is 1.70. The van der Waals surface area contributed by atoms with Crippen molar-refractivity contribution in [1.82, 2.24) is 4.90 Å². The van der Waals surface area contributed by atoms with E-state index in [9.17, 15) is 33.8 Å². The van der Waals surface area contributed by atoms with Gasteiger partial charge in [0.05, 0.1) is 6.04 Å². The van der Waals surface area contributed by atoms with Gasteiger partial charge in [-0.05, 0) is 98.8 Å². The normalized spacial score (nSPS) is 20.9. The summed E-state index contributed by atoms with van der Waals surface area (Å²) >= 11 is -22.5. The molecule has 0 heterocycles. The van der Waals surface area contributed by atoms with Crippen molar-refractivity contribution in [3.63, 3.8) is 0 Å². The zero-order chi connectivity index (χ0) is 43.5. The van der Waals surface area contributed by atoms with Gasteiger partial charge >= 0.3 is 92.2 Å². The Morgan fingerprint density at radius 3 is 1.24 bits per heavy atom. The zero-order valence-corrected chi connectivity index (χ0v) is 40.3. The summed E-state index contributed by atoms with van der Waals surface area (Å²) in [5.74, 6) is 1.42. The standard InChI is InChI=1S/C26H36NP.C14H16N2.12FH.Ru.2Sb/c1-27(2)25-19-11-9-17-23(25)24-18-10-12-20-26(24)28(21-13-5-3-6-14-21)22-15-7-4-8-16-22;15-13(11-7-3-1-4-8-11)14(16)12-9-5-2-6-10-12;;;;;;;;;;;;;;;/h9-12,17-22H,3-8,13-16H2,1-2H3;1-10,13-14H,15-16H2;12*1H;;;/q;;;;;;;;;;;;;;+2;2*+5/p-12/t;13-,14-;;;;;;;;;;;;;;;/m.0.............../s1. The first-order chi connectivity index (χ1) is 26.4. The van der Waals surface area contributed by atoms with Crippen molar-refractivity contribution < 1.29 is 53.2 Å². The molecule has 0 bridgehead atoms. The van der Waals surface area contributed by atoms with Crippen LogP contribution in [-0.4, -0.2) is 69.3 Å². The molecule has 2 atom stereocenters. The summed E-state index contributed by atoms with van der Waals surface area (Å²) in [6.45, 7) is 0. The average molecular weight is 1180 g/mol. The van der Waals surface area contributed by atoms with Gasteiger partial charge in [-0.25, -0.2) is 0 Å². The molecule has 4 N–H and O–H groups in total. The Morgan fingerprint density at radius 2 is 0.864 bits per heavy atom. The number of nitrogens with zero attached hydrogens (tertiary/aromatic N) is 1. The van der Waals surface area contributed by atoms with Crippen LogP contribution in [0, 0.1) is 37.6 Å². The van der Waals surface area contributed by atoms with Crippen molar-refractivity contribution in [2.24, 2.45) is 11.5 Å². The molecule has 59 heavy (non-hydrogen) atoms. The van der Waals surface area contributed by atoms with Crippen molar-refractivity contribution >= 4 is 52.2 Å². The predicted molar refractivity (Wildman–Crippen MR) is 215 cm³/mol. The number of rotatable bonds is 8. The Balaban J connectivity index is 0.000000325. The van der Waals surface area contributed by atoms with Gasteiger partial charge in [0.15, 0.2) is 0 Å². The van der Waals surface area contributed by atoms with Gasteiger partial charge < -0.3 is 16.4 Å². The van der Waals surface area contributed by atoms with Crippen molar-refractivity contribution in [2.75, 3.05) is 14.1 Å². The average Bonchev–Trinajstić information content (AvgIpc) is 3.14. The molecule has 0 aromatic heterocycles. The van der Waals surface area contributed by atoms with Gasteiger partial charge in [0, 0.05) is 18.0 Å². The third kappa shape index (κ3) is 24.1. The van der Waals surface area contributed by atoms with Gasteiger partial charge in [0.2, 0.25) is 0 Å². The fourth-order valence-corrected chi connectivity index (χ4v) is 11.2. The van der Waals surface area contributed by atoms with Crippen LogP contribution in [0.1, 0.15) is 93.0 Å². The number of hydrogen-bond donors (Lipinski definition) is 2. The minimum atomic E-state index is -11.2. The van der Waals surface area contributed by atoms with Gasteiger partial charge in [0.25, 0.3) is 0 Å². The molecule has 3 aliphatic carbocycles. The van der Waals surface area contributed by atoms with E-state index >= 15 is 0 Å². The minimum Gasteiger partial charge on any atom is 2.00 e. The van der Waals surface area contributed by atoms with E-state index in [-0.39, 0.29) is 39.5 Å². The van der Waals surface area contributed by atoms with Crippen molar-refractivity contribution in [3.05, 3.63) is 139 Å². The van der Waals surface area contributed by atoms with Crippen LogP contribution in [0.2, 0.25) is 0 Å². The molecule has 0 saturated heterocycles. The molecule has 3 aromatic carbocycles. The van der Waals surface area contributed by atoms with Crippen molar-refractivity contribution in [1.29, 1.82) is 0 Å². The zero-order valence-electron chi connectivity index (χ0n) is 32.6. The molecule has 0 amide bonds. The number of hydrogen-bond acceptors (Lipinski definition) is 3. The Hall–Kier alpha value is -0.610. The summed E-state index contributed by atoms with van der Waals surface area (Å²) in [6, 6.07) is 30.4. The van der Waals surface area contributed by atoms with E-state index in [0.29, 0.717) is 0 Å². The summed E-state index contributed by atoms with van der Waals surface area (Å²) < 4.78 is 119. The third-order valence-corrected chi connectivity index (χ3v) is 13.1. The van der Waals surface area contributed by atoms with E-state index in [4.69, 9.17) is 11.5 Å². The fourth-order valence-electron chi connectivity index (χ4n) is 7.19.